The average molecular weight is 271 g/mol. The van der Waals surface area contributed by atoms with Crippen molar-refractivity contribution in [3.63, 3.8) is 0 Å². The molecule has 0 atom stereocenters. The fourth-order valence-corrected chi connectivity index (χ4v) is 1.89. The number of ether oxygens (including phenoxy) is 1. The third-order valence-electron chi connectivity index (χ3n) is 2.31. The van der Waals surface area contributed by atoms with Crippen molar-refractivity contribution in [2.45, 2.75) is 6.54 Å². The maximum Gasteiger partial charge on any atom is 0.410 e. The number of carbonyl (C=O) groups excluding carboxylic acids is 1. The minimum Gasteiger partial charge on any atom is -0.448 e. The molecule has 2 N–H and O–H groups in total. The monoisotopic (exact) mass is 270 g/mol. The molecular formula is C10H11BrN2O2. The summed E-state index contributed by atoms with van der Waals surface area (Å²) in [7, 11) is 0. The Labute approximate surface area is 96.1 Å². The number of carbonyl (C=O) groups is 1. The van der Waals surface area contributed by atoms with Gasteiger partial charge in [0.05, 0.1) is 13.1 Å². The Morgan fingerprint density at radius 2 is 2.33 bits per heavy atom. The lowest BCUT2D eigenvalue weighted by Gasteiger charge is -2.14. The fourth-order valence-electron chi connectivity index (χ4n) is 1.50. The van der Waals surface area contributed by atoms with E-state index in [1.165, 1.54) is 0 Å². The molecule has 1 aliphatic rings. The summed E-state index contributed by atoms with van der Waals surface area (Å²) in [6.07, 6.45) is -0.260. The van der Waals surface area contributed by atoms with Crippen LogP contribution >= 0.6 is 15.9 Å². The van der Waals surface area contributed by atoms with Crippen LogP contribution in [0.5, 0.6) is 0 Å². The van der Waals surface area contributed by atoms with E-state index >= 15 is 0 Å². The van der Waals surface area contributed by atoms with E-state index in [0.29, 0.717) is 25.4 Å². The minimum atomic E-state index is -0.260. The number of nitrogens with zero attached hydrogens (tertiary/aromatic N) is 1. The summed E-state index contributed by atoms with van der Waals surface area (Å²) < 4.78 is 5.70. The molecule has 2 rings (SSSR count). The quantitative estimate of drug-likeness (QED) is 0.837. The molecule has 80 valence electrons. The van der Waals surface area contributed by atoms with Crippen molar-refractivity contribution >= 4 is 27.7 Å². The first-order chi connectivity index (χ1) is 7.18. The van der Waals surface area contributed by atoms with E-state index in [-0.39, 0.29) is 6.09 Å². The molecule has 0 radical (unpaired) electrons. The SMILES string of the molecule is Nc1cccc(CN2CCOC2=O)c1Br. The van der Waals surface area contributed by atoms with Gasteiger partial charge in [0.2, 0.25) is 0 Å². The average Bonchev–Trinajstić information content (AvgIpc) is 2.60. The number of cyclic esters (lactones) is 1. The van der Waals surface area contributed by atoms with Gasteiger partial charge >= 0.3 is 6.09 Å². The van der Waals surface area contributed by atoms with Crippen LogP contribution in [-0.2, 0) is 11.3 Å². The molecular weight excluding hydrogens is 260 g/mol. The highest BCUT2D eigenvalue weighted by molar-refractivity contribution is 9.10. The van der Waals surface area contributed by atoms with Gasteiger partial charge in [-0.3, -0.25) is 0 Å². The highest BCUT2D eigenvalue weighted by Gasteiger charge is 2.22. The van der Waals surface area contributed by atoms with Gasteiger partial charge in [0, 0.05) is 10.2 Å². The molecule has 0 aliphatic carbocycles. The van der Waals surface area contributed by atoms with Crippen molar-refractivity contribution in [3.8, 4) is 0 Å². The van der Waals surface area contributed by atoms with Gasteiger partial charge in [-0.25, -0.2) is 4.79 Å². The van der Waals surface area contributed by atoms with Crippen LogP contribution in [0, 0.1) is 0 Å². The molecule has 5 heteroatoms. The predicted molar refractivity (Wildman–Crippen MR) is 60.3 cm³/mol. The van der Waals surface area contributed by atoms with Crippen LogP contribution in [-0.4, -0.2) is 24.1 Å². The van der Waals surface area contributed by atoms with E-state index in [2.05, 4.69) is 15.9 Å². The number of rotatable bonds is 2. The number of benzene rings is 1. The van der Waals surface area contributed by atoms with Gasteiger partial charge in [-0.1, -0.05) is 12.1 Å². The van der Waals surface area contributed by atoms with E-state index in [9.17, 15) is 4.79 Å². The lowest BCUT2D eigenvalue weighted by atomic mass is 10.2. The maximum absolute atomic E-state index is 11.2. The number of hydrogen-bond donors (Lipinski definition) is 1. The van der Waals surface area contributed by atoms with Crippen molar-refractivity contribution in [1.82, 2.24) is 4.90 Å². The van der Waals surface area contributed by atoms with Crippen LogP contribution in [0.1, 0.15) is 5.56 Å². The van der Waals surface area contributed by atoms with Crippen LogP contribution in [0.3, 0.4) is 0 Å². The third-order valence-corrected chi connectivity index (χ3v) is 3.28. The van der Waals surface area contributed by atoms with Gasteiger partial charge < -0.3 is 15.4 Å². The molecule has 4 nitrogen and oxygen atoms in total. The Hall–Kier alpha value is -1.23. The lowest BCUT2D eigenvalue weighted by molar-refractivity contribution is 0.157. The minimum absolute atomic E-state index is 0.260. The number of anilines is 1. The number of amides is 1. The Morgan fingerprint density at radius 1 is 1.53 bits per heavy atom. The zero-order valence-corrected chi connectivity index (χ0v) is 9.66. The summed E-state index contributed by atoms with van der Waals surface area (Å²) in [5.41, 5.74) is 7.42. The maximum atomic E-state index is 11.2. The second-order valence-corrected chi connectivity index (χ2v) is 4.15. The largest absolute Gasteiger partial charge is 0.448 e. The Bertz CT molecular complexity index is 395. The van der Waals surface area contributed by atoms with Crippen molar-refractivity contribution in [3.05, 3.63) is 28.2 Å². The molecule has 0 saturated carbocycles. The molecule has 1 aromatic rings. The van der Waals surface area contributed by atoms with Gasteiger partial charge in [0.25, 0.3) is 0 Å². The molecule has 0 spiro atoms. The van der Waals surface area contributed by atoms with E-state index in [0.717, 1.165) is 10.0 Å². The van der Waals surface area contributed by atoms with Gasteiger partial charge in [0.1, 0.15) is 6.61 Å². The van der Waals surface area contributed by atoms with Crippen LogP contribution in [0.15, 0.2) is 22.7 Å². The molecule has 1 amide bonds. The normalized spacial score (nSPS) is 15.5. The van der Waals surface area contributed by atoms with Gasteiger partial charge in [0.15, 0.2) is 0 Å². The van der Waals surface area contributed by atoms with Crippen LogP contribution in [0.4, 0.5) is 10.5 Å². The summed E-state index contributed by atoms with van der Waals surface area (Å²) in [6, 6.07) is 5.62. The van der Waals surface area contributed by atoms with Crippen molar-refractivity contribution in [2.24, 2.45) is 0 Å². The fraction of sp³-hybridized carbons (Fsp3) is 0.300. The number of nitrogens with two attached hydrogens (primary N) is 1. The second-order valence-electron chi connectivity index (χ2n) is 3.36. The van der Waals surface area contributed by atoms with Crippen LogP contribution < -0.4 is 5.73 Å². The van der Waals surface area contributed by atoms with E-state index in [4.69, 9.17) is 10.5 Å². The second kappa shape index (κ2) is 4.10. The zero-order chi connectivity index (χ0) is 10.8. The molecule has 1 heterocycles. The third kappa shape index (κ3) is 2.07. The van der Waals surface area contributed by atoms with Crippen molar-refractivity contribution < 1.29 is 9.53 Å². The first-order valence-electron chi connectivity index (χ1n) is 4.63. The van der Waals surface area contributed by atoms with Crippen LogP contribution in [0.2, 0.25) is 0 Å². The highest BCUT2D eigenvalue weighted by Crippen LogP contribution is 2.25. The summed E-state index contributed by atoms with van der Waals surface area (Å²) in [5, 5.41) is 0. The Morgan fingerprint density at radius 3 is 3.00 bits per heavy atom. The van der Waals surface area contributed by atoms with Gasteiger partial charge in [-0.05, 0) is 27.6 Å². The van der Waals surface area contributed by atoms with E-state index in [1.54, 1.807) is 4.90 Å². The summed E-state index contributed by atoms with van der Waals surface area (Å²) in [6.45, 7) is 1.64. The summed E-state index contributed by atoms with van der Waals surface area (Å²) >= 11 is 3.40. The van der Waals surface area contributed by atoms with Crippen molar-refractivity contribution in [1.29, 1.82) is 0 Å². The summed E-state index contributed by atoms with van der Waals surface area (Å²) in [4.78, 5) is 12.9. The lowest BCUT2D eigenvalue weighted by Crippen LogP contribution is -2.23. The molecule has 0 aromatic heterocycles. The number of halogens is 1. The molecule has 1 fully saturated rings. The Kier molecular flexibility index (Phi) is 2.81. The van der Waals surface area contributed by atoms with Crippen molar-refractivity contribution in [2.75, 3.05) is 18.9 Å². The zero-order valence-electron chi connectivity index (χ0n) is 8.07. The summed E-state index contributed by atoms with van der Waals surface area (Å²) in [5.74, 6) is 0. The van der Waals surface area contributed by atoms with E-state index in [1.807, 2.05) is 18.2 Å². The number of nitrogen functional groups attached to an aromatic ring is 1. The molecule has 1 aliphatic heterocycles. The predicted octanol–water partition coefficient (Wildman–Crippen LogP) is 1.98. The molecule has 15 heavy (non-hydrogen) atoms. The van der Waals surface area contributed by atoms with Gasteiger partial charge in [-0.15, -0.1) is 0 Å². The first kappa shape index (κ1) is 10.3. The topological polar surface area (TPSA) is 55.6 Å². The first-order valence-corrected chi connectivity index (χ1v) is 5.42. The smallest absolute Gasteiger partial charge is 0.410 e. The highest BCUT2D eigenvalue weighted by atomic mass is 79.9. The Balaban J connectivity index is 2.17. The van der Waals surface area contributed by atoms with Gasteiger partial charge in [-0.2, -0.15) is 0 Å². The molecule has 1 saturated heterocycles. The van der Waals surface area contributed by atoms with Crippen LogP contribution in [0.25, 0.3) is 0 Å². The standard InChI is InChI=1S/C10H11BrN2O2/c11-9-7(2-1-3-8(9)12)6-13-4-5-15-10(13)14/h1-3H,4-6,12H2. The van der Waals surface area contributed by atoms with E-state index < -0.39 is 0 Å². The number of hydrogen-bond acceptors (Lipinski definition) is 3. The molecule has 0 unspecified atom stereocenters. The molecule has 1 aromatic carbocycles. The molecule has 0 bridgehead atoms.